The van der Waals surface area contributed by atoms with Crippen molar-refractivity contribution in [3.05, 3.63) is 12.2 Å². The molecule has 0 saturated carbocycles. The highest BCUT2D eigenvalue weighted by Gasteiger charge is 2.55. The van der Waals surface area contributed by atoms with Gasteiger partial charge >= 0.3 is 15.0 Å². The van der Waals surface area contributed by atoms with Gasteiger partial charge in [-0.3, -0.25) is 0 Å². The van der Waals surface area contributed by atoms with E-state index in [1.165, 1.54) is 0 Å². The van der Waals surface area contributed by atoms with Gasteiger partial charge in [0.25, 0.3) is 0 Å². The van der Waals surface area contributed by atoms with E-state index in [-0.39, 0.29) is 12.2 Å². The Morgan fingerprint density at radius 2 is 1.27 bits per heavy atom. The molecule has 0 saturated heterocycles. The number of aliphatic hydroxyl groups is 1. The summed E-state index contributed by atoms with van der Waals surface area (Å²) in [6.07, 6.45) is -0.146. The second-order valence-electron chi connectivity index (χ2n) is 10.5. The van der Waals surface area contributed by atoms with Gasteiger partial charge in [0.2, 0.25) is 0 Å². The van der Waals surface area contributed by atoms with Gasteiger partial charge in [0, 0.05) is 5.57 Å². The molecule has 0 rings (SSSR count). The van der Waals surface area contributed by atoms with Crippen LogP contribution in [-0.4, -0.2) is 63.9 Å². The Balaban J connectivity index is 6.22. The smallest absolute Gasteiger partial charge is 0.454 e. The van der Waals surface area contributed by atoms with Crippen LogP contribution in [0.25, 0.3) is 0 Å². The third-order valence-corrected chi connectivity index (χ3v) is 14.3. The van der Waals surface area contributed by atoms with Crippen molar-refractivity contribution in [2.75, 3.05) is 6.61 Å². The molecule has 0 spiro atoms. The number of hydrogen-bond acceptors (Lipinski definition) is 7. The summed E-state index contributed by atoms with van der Waals surface area (Å²) < 4.78 is 31.7. The van der Waals surface area contributed by atoms with Crippen LogP contribution >= 0.6 is 0 Å². The molecule has 0 aromatic carbocycles. The molecule has 0 amide bonds. The molecule has 0 heterocycles. The van der Waals surface area contributed by atoms with Crippen LogP contribution in [0, 0.1) is 0 Å². The SMILES string of the molecule is C=C(C)C(=O)OC(CO)C(CCC)O[Si](O[Si](C)(C)C)(O[Si](C)(C)C)O[Si](C)(C)C. The number of rotatable bonds is 14. The molecule has 1 N–H and O–H groups in total. The average molecular weight is 497 g/mol. The molecule has 2 unspecified atom stereocenters. The number of carbonyl (C=O) groups is 1. The Kier molecular flexibility index (Phi) is 11.6. The topological polar surface area (TPSA) is 83.5 Å². The first-order valence-electron chi connectivity index (χ1n) is 10.6. The van der Waals surface area contributed by atoms with Gasteiger partial charge in [-0.2, -0.15) is 0 Å². The molecule has 0 aromatic rings. The van der Waals surface area contributed by atoms with Crippen molar-refractivity contribution in [1.82, 2.24) is 0 Å². The Bertz CT molecular complexity index is 524. The van der Waals surface area contributed by atoms with Gasteiger partial charge in [-0.25, -0.2) is 4.79 Å². The molecule has 2 atom stereocenters. The minimum absolute atomic E-state index is 0.266. The minimum Gasteiger partial charge on any atom is -0.454 e. The molecule has 30 heavy (non-hydrogen) atoms. The van der Waals surface area contributed by atoms with E-state index in [0.717, 1.165) is 6.42 Å². The molecular formula is C19H44O7Si4. The predicted octanol–water partition coefficient (Wildman–Crippen LogP) is 4.64. The van der Waals surface area contributed by atoms with E-state index in [2.05, 4.69) is 65.5 Å². The number of aliphatic hydroxyl groups excluding tert-OH is 1. The minimum atomic E-state index is -3.60. The molecule has 0 aliphatic carbocycles. The molecule has 0 fully saturated rings. The Morgan fingerprint density at radius 3 is 1.53 bits per heavy atom. The number of carbonyl (C=O) groups excluding carboxylic acids is 1. The van der Waals surface area contributed by atoms with E-state index in [9.17, 15) is 9.90 Å². The van der Waals surface area contributed by atoms with Crippen LogP contribution < -0.4 is 0 Å². The summed E-state index contributed by atoms with van der Waals surface area (Å²) in [5.74, 6) is -0.561. The molecule has 11 heteroatoms. The number of hydrogen-bond donors (Lipinski definition) is 1. The van der Waals surface area contributed by atoms with Crippen LogP contribution in [0.2, 0.25) is 58.9 Å². The molecule has 0 bridgehead atoms. The monoisotopic (exact) mass is 496 g/mol. The zero-order valence-electron chi connectivity index (χ0n) is 20.9. The van der Waals surface area contributed by atoms with Crippen LogP contribution in [0.15, 0.2) is 12.2 Å². The van der Waals surface area contributed by atoms with Crippen LogP contribution in [0.3, 0.4) is 0 Å². The van der Waals surface area contributed by atoms with Crippen molar-refractivity contribution in [1.29, 1.82) is 0 Å². The molecule has 0 aliphatic rings. The highest BCUT2D eigenvalue weighted by atomic mass is 28.5. The zero-order chi connectivity index (χ0) is 24.0. The third kappa shape index (κ3) is 12.7. The van der Waals surface area contributed by atoms with Crippen molar-refractivity contribution in [2.45, 2.75) is 97.8 Å². The predicted molar refractivity (Wildman–Crippen MR) is 131 cm³/mol. The summed E-state index contributed by atoms with van der Waals surface area (Å²) in [6.45, 7) is 25.4. The largest absolute Gasteiger partial charge is 0.648 e. The summed E-state index contributed by atoms with van der Waals surface area (Å²) >= 11 is 0. The highest BCUT2D eigenvalue weighted by molar-refractivity contribution is 6.87. The lowest BCUT2D eigenvalue weighted by Crippen LogP contribution is -2.64. The zero-order valence-corrected chi connectivity index (χ0v) is 24.9. The summed E-state index contributed by atoms with van der Waals surface area (Å²) in [5, 5.41) is 9.98. The fraction of sp³-hybridized carbons (Fsp3) is 0.842. The van der Waals surface area contributed by atoms with E-state index < -0.39 is 52.2 Å². The Hall–Kier alpha value is -0.122. The lowest BCUT2D eigenvalue weighted by Gasteiger charge is -2.43. The van der Waals surface area contributed by atoms with Crippen molar-refractivity contribution in [2.24, 2.45) is 0 Å². The summed E-state index contributed by atoms with van der Waals surface area (Å²) in [7, 11) is -9.99. The molecule has 7 nitrogen and oxygen atoms in total. The van der Waals surface area contributed by atoms with Gasteiger partial charge in [-0.15, -0.1) is 0 Å². The quantitative estimate of drug-likeness (QED) is 0.213. The van der Waals surface area contributed by atoms with E-state index in [1.54, 1.807) is 6.92 Å². The van der Waals surface area contributed by atoms with E-state index in [0.29, 0.717) is 6.42 Å². The fourth-order valence-corrected chi connectivity index (χ4v) is 14.4. The second kappa shape index (κ2) is 11.7. The van der Waals surface area contributed by atoms with E-state index in [1.807, 2.05) is 6.92 Å². The first-order chi connectivity index (χ1) is 13.3. The van der Waals surface area contributed by atoms with Crippen LogP contribution in [0.4, 0.5) is 0 Å². The Labute approximate surface area is 188 Å². The highest BCUT2D eigenvalue weighted by Crippen LogP contribution is 2.30. The third-order valence-electron chi connectivity index (χ3n) is 3.36. The van der Waals surface area contributed by atoms with E-state index in [4.69, 9.17) is 21.5 Å². The number of ether oxygens (including phenoxy) is 1. The first kappa shape index (κ1) is 29.9. The van der Waals surface area contributed by atoms with Gasteiger partial charge in [0.05, 0.1) is 12.7 Å². The first-order valence-corrected chi connectivity index (χ1v) is 22.4. The molecule has 0 aromatic heterocycles. The van der Waals surface area contributed by atoms with Crippen molar-refractivity contribution in [3.8, 4) is 0 Å². The van der Waals surface area contributed by atoms with Gasteiger partial charge in [0.15, 0.2) is 31.1 Å². The van der Waals surface area contributed by atoms with Crippen molar-refractivity contribution >= 4 is 40.0 Å². The normalized spacial score (nSPS) is 15.6. The van der Waals surface area contributed by atoms with Crippen molar-refractivity contribution in [3.63, 3.8) is 0 Å². The van der Waals surface area contributed by atoms with E-state index >= 15 is 0 Å². The maximum atomic E-state index is 12.1. The Morgan fingerprint density at radius 1 is 0.867 bits per heavy atom. The summed E-state index contributed by atoms with van der Waals surface area (Å²) in [6, 6.07) is 0. The standard InChI is InChI=1S/C19H44O7Si4/c1-13-14-17(18(15-20)22-19(21)16(2)3)23-30(24-27(4,5)6,25-28(7,8)9)26-29(10,11)12/h17-18,20H,2,13-15H2,1,3-12H3. The second-order valence-corrected chi connectivity index (χ2v) is 26.9. The molecule has 178 valence electrons. The molecular weight excluding hydrogens is 453 g/mol. The maximum Gasteiger partial charge on any atom is 0.648 e. The molecule has 0 aliphatic heterocycles. The van der Waals surface area contributed by atoms with Gasteiger partial charge in [-0.05, 0) is 72.3 Å². The van der Waals surface area contributed by atoms with Gasteiger partial charge < -0.3 is 26.6 Å². The van der Waals surface area contributed by atoms with Gasteiger partial charge in [-0.1, -0.05) is 19.9 Å². The maximum absolute atomic E-state index is 12.1. The lowest BCUT2D eigenvalue weighted by atomic mass is 10.1. The fourth-order valence-electron chi connectivity index (χ4n) is 2.52. The van der Waals surface area contributed by atoms with Crippen molar-refractivity contribution < 1.29 is 31.4 Å². The van der Waals surface area contributed by atoms with Crippen LogP contribution in [0.5, 0.6) is 0 Å². The summed E-state index contributed by atoms with van der Waals surface area (Å²) in [5.41, 5.74) is 0.266. The number of esters is 1. The average Bonchev–Trinajstić information content (AvgIpc) is 2.46. The molecule has 0 radical (unpaired) electrons. The van der Waals surface area contributed by atoms with Crippen LogP contribution in [-0.2, 0) is 26.3 Å². The lowest BCUT2D eigenvalue weighted by molar-refractivity contribution is -0.155. The van der Waals surface area contributed by atoms with Crippen LogP contribution in [0.1, 0.15) is 26.7 Å². The van der Waals surface area contributed by atoms with Gasteiger partial charge in [0.1, 0.15) is 0 Å². The summed E-state index contributed by atoms with van der Waals surface area (Å²) in [4.78, 5) is 12.1.